The van der Waals surface area contributed by atoms with Gasteiger partial charge in [0.05, 0.1) is 88.5 Å². The molecule has 26 heteroatoms. The summed E-state index contributed by atoms with van der Waals surface area (Å²) >= 11 is 0. The van der Waals surface area contributed by atoms with E-state index in [9.17, 15) is 30.3 Å². The smallest absolute Gasteiger partial charge is 0.251 e. The van der Waals surface area contributed by atoms with E-state index < -0.39 is 12.2 Å². The number of nitrogens with one attached hydrogen (secondary N) is 2. The summed E-state index contributed by atoms with van der Waals surface area (Å²) < 4.78 is 34.0. The number of carbonyl (C=O) groups excluding carboxylic acids is 2. The Morgan fingerprint density at radius 3 is 1.34 bits per heavy atom. The number of nitriles is 2. The Hall–Kier alpha value is -9.02. The van der Waals surface area contributed by atoms with Crippen molar-refractivity contribution in [3.8, 4) is 57.9 Å². The molecule has 4 aromatic heterocycles. The van der Waals surface area contributed by atoms with Gasteiger partial charge in [0.1, 0.15) is 58.9 Å². The fraction of sp³-hybridized carbons (Fsp3) is 0.469. The molecule has 0 aliphatic carbocycles. The third kappa shape index (κ3) is 15.0. The van der Waals surface area contributed by atoms with Crippen LogP contribution in [0.1, 0.15) is 37.8 Å². The van der Waals surface area contributed by atoms with E-state index in [0.717, 1.165) is 114 Å². The highest BCUT2D eigenvalue weighted by atomic mass is 16.5. The van der Waals surface area contributed by atoms with Crippen molar-refractivity contribution in [3.05, 3.63) is 96.3 Å². The van der Waals surface area contributed by atoms with E-state index in [-0.39, 0.29) is 23.7 Å². The molecule has 0 saturated carbocycles. The van der Waals surface area contributed by atoms with Crippen LogP contribution < -0.4 is 39.4 Å². The number of piperazine rings is 2. The minimum atomic E-state index is -1.01. The Bertz CT molecular complexity index is 3330. The number of likely N-dealkylation sites (tertiary alicyclic amines) is 2. The molecule has 6 saturated heterocycles. The zero-order valence-corrected chi connectivity index (χ0v) is 51.1. The molecule has 6 aliphatic heterocycles. The van der Waals surface area contributed by atoms with Crippen LogP contribution in [0, 0.1) is 34.5 Å². The van der Waals surface area contributed by atoms with Crippen LogP contribution in [0.25, 0.3) is 22.5 Å². The van der Waals surface area contributed by atoms with Crippen molar-refractivity contribution in [2.75, 3.05) is 153 Å². The van der Waals surface area contributed by atoms with Crippen molar-refractivity contribution in [2.45, 2.75) is 51.0 Å². The Morgan fingerprint density at radius 2 is 0.989 bits per heavy atom. The normalized spacial score (nSPS) is 19.5. The molecule has 10 heterocycles. The average molecular weight is 1230 g/mol. The van der Waals surface area contributed by atoms with Gasteiger partial charge in [0.2, 0.25) is 23.7 Å². The predicted octanol–water partition coefficient (Wildman–Crippen LogP) is 4.58. The summed E-state index contributed by atoms with van der Waals surface area (Å²) in [7, 11) is 3.24. The molecule has 0 bridgehead atoms. The third-order valence-electron chi connectivity index (χ3n) is 17.1. The van der Waals surface area contributed by atoms with Crippen LogP contribution in [0.5, 0.6) is 23.3 Å². The maximum Gasteiger partial charge on any atom is 0.251 e. The number of aliphatic hydroxyl groups is 2. The quantitative estimate of drug-likeness (QED) is 0.0813. The zero-order valence-electron chi connectivity index (χ0n) is 51.1. The number of pyridine rings is 2. The van der Waals surface area contributed by atoms with E-state index in [1.54, 1.807) is 72.8 Å². The molecule has 12 rings (SSSR count). The number of rotatable bonds is 20. The molecular formula is C64H76N16O10. The van der Waals surface area contributed by atoms with Crippen molar-refractivity contribution in [2.24, 2.45) is 11.8 Å². The van der Waals surface area contributed by atoms with E-state index in [2.05, 4.69) is 72.3 Å². The first kappa shape index (κ1) is 62.6. The summed E-state index contributed by atoms with van der Waals surface area (Å²) in [5.74, 6) is 3.58. The number of aliphatic hydroxyl groups excluding tert-OH is 2. The number of hydrogen-bond acceptors (Lipinski definition) is 24. The van der Waals surface area contributed by atoms with E-state index in [4.69, 9.17) is 28.4 Å². The Morgan fingerprint density at radius 1 is 0.578 bits per heavy atom. The van der Waals surface area contributed by atoms with Gasteiger partial charge >= 0.3 is 0 Å². The van der Waals surface area contributed by atoms with Crippen molar-refractivity contribution in [1.29, 1.82) is 10.5 Å². The molecule has 6 aliphatic rings. The molecule has 0 spiro atoms. The van der Waals surface area contributed by atoms with Crippen LogP contribution in [0.4, 0.5) is 34.9 Å². The van der Waals surface area contributed by atoms with Crippen molar-refractivity contribution < 1.29 is 48.2 Å². The lowest BCUT2D eigenvalue weighted by molar-refractivity contribution is -0.138. The minimum absolute atomic E-state index is 0.133. The number of anilines is 6. The number of ether oxygens (including phenoxy) is 6. The highest BCUT2D eigenvalue weighted by Crippen LogP contribution is 2.34. The molecule has 2 amide bonds. The average Bonchev–Trinajstić information content (AvgIpc) is 2.96. The van der Waals surface area contributed by atoms with Gasteiger partial charge in [-0.1, -0.05) is 0 Å². The summed E-state index contributed by atoms with van der Waals surface area (Å²) in [6.45, 7) is 16.7. The molecule has 6 aromatic rings. The number of benzene rings is 2. The monoisotopic (exact) mass is 1230 g/mol. The summed E-state index contributed by atoms with van der Waals surface area (Å²) in [5.41, 5.74) is 5.44. The summed E-state index contributed by atoms with van der Waals surface area (Å²) in [4.78, 5) is 64.4. The van der Waals surface area contributed by atoms with Gasteiger partial charge in [-0.25, -0.2) is 19.9 Å². The van der Waals surface area contributed by atoms with Crippen molar-refractivity contribution >= 4 is 46.7 Å². The standard InChI is InChI=1S/2C32H38N8O5/c2*1-21(41)31(42)40-10-8-22(17-40)18-45-28-5-3-23(15-24(28)16-33)26-7-9-34-32(35-26)37-29-6-4-27(30(36-29)43-2)39-13-11-38(12-14-39)25-19-44-20-25/h2*3-7,9,15,21-22,25,41H,8,10-14,17-20H2,1-2H3,(H,34,35,36,37). The molecular weight excluding hydrogens is 1150 g/mol. The largest absolute Gasteiger partial charge is 0.492 e. The van der Waals surface area contributed by atoms with Gasteiger partial charge in [0.25, 0.3) is 11.8 Å². The van der Waals surface area contributed by atoms with Gasteiger partial charge < -0.3 is 68.9 Å². The van der Waals surface area contributed by atoms with E-state index >= 15 is 0 Å². The van der Waals surface area contributed by atoms with Gasteiger partial charge in [-0.2, -0.15) is 20.5 Å². The highest BCUT2D eigenvalue weighted by molar-refractivity contribution is 5.81. The van der Waals surface area contributed by atoms with E-state index in [1.807, 2.05) is 36.4 Å². The maximum atomic E-state index is 12.1. The lowest BCUT2D eigenvalue weighted by Gasteiger charge is -2.43. The van der Waals surface area contributed by atoms with Crippen molar-refractivity contribution in [3.63, 3.8) is 0 Å². The predicted molar refractivity (Wildman–Crippen MR) is 333 cm³/mol. The van der Waals surface area contributed by atoms with Gasteiger partial charge in [0, 0.05) is 114 Å². The molecule has 472 valence electrons. The number of hydrogen-bond donors (Lipinski definition) is 4. The number of nitrogens with zero attached hydrogens (tertiary/aromatic N) is 14. The molecule has 90 heavy (non-hydrogen) atoms. The Balaban J connectivity index is 0.000000185. The Kier molecular flexibility index (Phi) is 20.2. The summed E-state index contributed by atoms with van der Waals surface area (Å²) in [6.07, 6.45) is 2.85. The highest BCUT2D eigenvalue weighted by Gasteiger charge is 2.33. The lowest BCUT2D eigenvalue weighted by Crippen LogP contribution is -2.56. The molecule has 2 aromatic carbocycles. The van der Waals surface area contributed by atoms with Crippen LogP contribution in [0.2, 0.25) is 0 Å². The number of carbonyl (C=O) groups is 2. The lowest BCUT2D eigenvalue weighted by atomic mass is 10.1. The van der Waals surface area contributed by atoms with Crippen LogP contribution in [0.15, 0.2) is 85.2 Å². The molecule has 26 nitrogen and oxygen atoms in total. The first-order valence-electron chi connectivity index (χ1n) is 30.6. The number of amides is 2. The first-order valence-corrected chi connectivity index (χ1v) is 30.6. The van der Waals surface area contributed by atoms with Gasteiger partial charge in [0.15, 0.2) is 0 Å². The zero-order chi connectivity index (χ0) is 62.7. The second-order valence-electron chi connectivity index (χ2n) is 23.2. The molecule has 6 fully saturated rings. The molecule has 4 N–H and O–H groups in total. The molecule has 0 radical (unpaired) electrons. The maximum absolute atomic E-state index is 12.1. The second-order valence-corrected chi connectivity index (χ2v) is 23.2. The van der Waals surface area contributed by atoms with Crippen molar-refractivity contribution in [1.82, 2.24) is 49.5 Å². The van der Waals surface area contributed by atoms with Crippen LogP contribution >= 0.6 is 0 Å². The number of methoxy groups -OCH3 is 2. The molecule has 4 atom stereocenters. The first-order chi connectivity index (χ1) is 43.8. The Labute approximate surface area is 522 Å². The van der Waals surface area contributed by atoms with Crippen LogP contribution in [-0.2, 0) is 19.1 Å². The molecule has 4 unspecified atom stereocenters. The second kappa shape index (κ2) is 29.1. The topological polar surface area (TPSA) is 298 Å². The minimum Gasteiger partial charge on any atom is -0.492 e. The summed E-state index contributed by atoms with van der Waals surface area (Å²) in [6, 6.07) is 27.6. The van der Waals surface area contributed by atoms with Crippen LogP contribution in [-0.4, -0.2) is 228 Å². The SMILES string of the molecule is COc1nc(Nc2nccc(-c3ccc(OCC4CCN(C(=O)C(C)O)C4)c(C#N)c3)n2)ccc1N1CCN(C2COC2)CC1.COc1nc(Nc2nccc(-c3ccc(OCC4CCN(C(=O)C(C)O)C4)c(C#N)c3)n2)ccc1N1CCN(C2COC2)CC1. The van der Waals surface area contributed by atoms with E-state index in [1.165, 1.54) is 13.8 Å². The van der Waals surface area contributed by atoms with E-state index in [0.29, 0.717) is 121 Å². The fourth-order valence-corrected chi connectivity index (χ4v) is 11.8. The number of aromatic nitrogens is 6. The van der Waals surface area contributed by atoms with Crippen LogP contribution in [0.3, 0.4) is 0 Å². The fourth-order valence-electron chi connectivity index (χ4n) is 11.8. The van der Waals surface area contributed by atoms with Gasteiger partial charge in [-0.15, -0.1) is 0 Å². The summed E-state index contributed by atoms with van der Waals surface area (Å²) in [5, 5.41) is 45.2. The van der Waals surface area contributed by atoms with Gasteiger partial charge in [-0.3, -0.25) is 19.4 Å². The van der Waals surface area contributed by atoms with Gasteiger partial charge in [-0.05, 0) is 99.5 Å². The third-order valence-corrected chi connectivity index (χ3v) is 17.1.